The Morgan fingerprint density at radius 2 is 2.18 bits per heavy atom. The maximum absolute atomic E-state index is 5.48. The van der Waals surface area contributed by atoms with Gasteiger partial charge in [-0.2, -0.15) is 0 Å². The molecule has 11 heavy (non-hydrogen) atoms. The Balaban J connectivity index is 3.26. The highest BCUT2D eigenvalue weighted by atomic mass is 16.5. The summed E-state index contributed by atoms with van der Waals surface area (Å²) in [6.45, 7) is 7.35. The van der Waals surface area contributed by atoms with Crippen LogP contribution in [-0.2, 0) is 4.74 Å². The highest BCUT2D eigenvalue weighted by Gasteiger charge is 1.91. The van der Waals surface area contributed by atoms with Gasteiger partial charge in [-0.3, -0.25) is 4.99 Å². The first-order chi connectivity index (χ1) is 5.16. The summed E-state index contributed by atoms with van der Waals surface area (Å²) < 4.78 is 5.27. The Bertz CT molecular complexity index is 121. The molecule has 0 spiro atoms. The molecule has 0 unspecified atom stereocenters. The van der Waals surface area contributed by atoms with Gasteiger partial charge in [-0.25, -0.2) is 0 Å². The summed E-state index contributed by atoms with van der Waals surface area (Å²) in [7, 11) is 0. The van der Waals surface area contributed by atoms with E-state index in [0.717, 1.165) is 6.42 Å². The number of aliphatic imine (C=N–C) groups is 1. The minimum absolute atomic E-state index is 0.285. The molecule has 0 saturated carbocycles. The van der Waals surface area contributed by atoms with Crippen molar-refractivity contribution in [1.82, 2.24) is 0 Å². The molecule has 0 fully saturated rings. The molecule has 0 aromatic carbocycles. The van der Waals surface area contributed by atoms with Crippen LogP contribution in [0.3, 0.4) is 0 Å². The number of amidine groups is 1. The van der Waals surface area contributed by atoms with Gasteiger partial charge in [-0.05, 0) is 13.8 Å². The van der Waals surface area contributed by atoms with Crippen molar-refractivity contribution in [3.05, 3.63) is 0 Å². The van der Waals surface area contributed by atoms with E-state index in [2.05, 4.69) is 4.99 Å². The van der Waals surface area contributed by atoms with Gasteiger partial charge in [0.2, 0.25) is 0 Å². The van der Waals surface area contributed by atoms with E-state index in [-0.39, 0.29) is 6.10 Å². The number of rotatable bonds is 5. The third kappa shape index (κ3) is 7.33. The molecule has 0 amide bonds. The average Bonchev–Trinajstić information content (AvgIpc) is 1.97. The van der Waals surface area contributed by atoms with Gasteiger partial charge in [0, 0.05) is 6.42 Å². The van der Waals surface area contributed by atoms with E-state index in [1.165, 1.54) is 0 Å². The van der Waals surface area contributed by atoms with E-state index in [0.29, 0.717) is 19.0 Å². The fourth-order valence-corrected chi connectivity index (χ4v) is 0.589. The van der Waals surface area contributed by atoms with Gasteiger partial charge in [0.25, 0.3) is 0 Å². The zero-order chi connectivity index (χ0) is 8.69. The van der Waals surface area contributed by atoms with Gasteiger partial charge >= 0.3 is 0 Å². The minimum atomic E-state index is 0.285. The summed E-state index contributed by atoms with van der Waals surface area (Å²) in [6.07, 6.45) is 1.11. The highest BCUT2D eigenvalue weighted by molar-refractivity contribution is 5.79. The van der Waals surface area contributed by atoms with Gasteiger partial charge in [0.05, 0.1) is 25.1 Å². The second-order valence-corrected chi connectivity index (χ2v) is 2.65. The predicted molar refractivity (Wildman–Crippen MR) is 47.9 cm³/mol. The quantitative estimate of drug-likeness (QED) is 0.371. The maximum atomic E-state index is 5.48. The molecule has 0 aromatic heterocycles. The van der Waals surface area contributed by atoms with Crippen LogP contribution in [0, 0.1) is 0 Å². The largest absolute Gasteiger partial charge is 0.387 e. The molecule has 0 rings (SSSR count). The van der Waals surface area contributed by atoms with Gasteiger partial charge in [-0.15, -0.1) is 0 Å². The topological polar surface area (TPSA) is 47.6 Å². The molecular weight excluding hydrogens is 140 g/mol. The van der Waals surface area contributed by atoms with E-state index in [9.17, 15) is 0 Å². The smallest absolute Gasteiger partial charge is 0.0935 e. The SMILES string of the molecule is CCC(N)=NCCOC(C)C. The molecule has 3 heteroatoms. The number of ether oxygens (including phenoxy) is 1. The lowest BCUT2D eigenvalue weighted by atomic mass is 10.4. The molecule has 0 radical (unpaired) electrons. The molecule has 0 aliphatic heterocycles. The molecule has 0 saturated heterocycles. The molecular formula is C8H18N2O. The Hall–Kier alpha value is -0.570. The first-order valence-electron chi connectivity index (χ1n) is 4.07. The molecule has 0 aromatic rings. The first-order valence-corrected chi connectivity index (χ1v) is 4.07. The van der Waals surface area contributed by atoms with Crippen molar-refractivity contribution in [3.8, 4) is 0 Å². The van der Waals surface area contributed by atoms with Crippen molar-refractivity contribution in [2.24, 2.45) is 10.7 Å². The highest BCUT2D eigenvalue weighted by Crippen LogP contribution is 1.87. The van der Waals surface area contributed by atoms with E-state index in [1.807, 2.05) is 20.8 Å². The van der Waals surface area contributed by atoms with Gasteiger partial charge in [-0.1, -0.05) is 6.92 Å². The number of nitrogens with two attached hydrogens (primary N) is 1. The molecule has 0 aliphatic carbocycles. The van der Waals surface area contributed by atoms with Crippen LogP contribution in [0.1, 0.15) is 27.2 Å². The van der Waals surface area contributed by atoms with Gasteiger partial charge in [0.1, 0.15) is 0 Å². The summed E-state index contributed by atoms with van der Waals surface area (Å²) in [6, 6.07) is 0. The van der Waals surface area contributed by atoms with Crippen LogP contribution in [0.25, 0.3) is 0 Å². The van der Waals surface area contributed by atoms with Crippen LogP contribution < -0.4 is 5.73 Å². The zero-order valence-electron chi connectivity index (χ0n) is 7.63. The monoisotopic (exact) mass is 158 g/mol. The van der Waals surface area contributed by atoms with Gasteiger partial charge in [0.15, 0.2) is 0 Å². The van der Waals surface area contributed by atoms with Gasteiger partial charge < -0.3 is 10.5 Å². The molecule has 3 nitrogen and oxygen atoms in total. The second kappa shape index (κ2) is 6.16. The molecule has 2 N–H and O–H groups in total. The average molecular weight is 158 g/mol. The number of hydrogen-bond donors (Lipinski definition) is 1. The van der Waals surface area contributed by atoms with E-state index in [4.69, 9.17) is 10.5 Å². The summed E-state index contributed by atoms with van der Waals surface area (Å²) in [5, 5.41) is 0. The third-order valence-electron chi connectivity index (χ3n) is 1.22. The lowest BCUT2D eigenvalue weighted by molar-refractivity contribution is 0.0853. The Morgan fingerprint density at radius 3 is 2.64 bits per heavy atom. The Kier molecular flexibility index (Phi) is 5.84. The molecule has 0 atom stereocenters. The first kappa shape index (κ1) is 10.4. The fourth-order valence-electron chi connectivity index (χ4n) is 0.589. The van der Waals surface area contributed by atoms with Crippen molar-refractivity contribution < 1.29 is 4.74 Å². The van der Waals surface area contributed by atoms with Crippen molar-refractivity contribution in [3.63, 3.8) is 0 Å². The van der Waals surface area contributed by atoms with E-state index >= 15 is 0 Å². The third-order valence-corrected chi connectivity index (χ3v) is 1.22. The van der Waals surface area contributed by atoms with Crippen LogP contribution in [0.2, 0.25) is 0 Å². The van der Waals surface area contributed by atoms with Crippen LogP contribution in [0.4, 0.5) is 0 Å². The van der Waals surface area contributed by atoms with E-state index in [1.54, 1.807) is 0 Å². The maximum Gasteiger partial charge on any atom is 0.0935 e. The summed E-state index contributed by atoms with van der Waals surface area (Å²) >= 11 is 0. The molecule has 0 bridgehead atoms. The minimum Gasteiger partial charge on any atom is -0.387 e. The molecule has 66 valence electrons. The lowest BCUT2D eigenvalue weighted by Gasteiger charge is -2.04. The Labute approximate surface area is 68.6 Å². The zero-order valence-corrected chi connectivity index (χ0v) is 7.63. The molecule has 0 aliphatic rings. The van der Waals surface area contributed by atoms with Crippen molar-refractivity contribution in [1.29, 1.82) is 0 Å². The normalized spacial score (nSPS) is 12.5. The summed E-state index contributed by atoms with van der Waals surface area (Å²) in [4.78, 5) is 4.08. The predicted octanol–water partition coefficient (Wildman–Crippen LogP) is 1.18. The number of nitrogens with zero attached hydrogens (tertiary/aromatic N) is 1. The lowest BCUT2D eigenvalue weighted by Crippen LogP contribution is -2.13. The van der Waals surface area contributed by atoms with Crippen LogP contribution >= 0.6 is 0 Å². The summed E-state index contributed by atoms with van der Waals surface area (Å²) in [5.41, 5.74) is 5.48. The fraction of sp³-hybridized carbons (Fsp3) is 0.875. The molecule has 0 heterocycles. The second-order valence-electron chi connectivity index (χ2n) is 2.65. The van der Waals surface area contributed by atoms with Crippen molar-refractivity contribution in [2.45, 2.75) is 33.3 Å². The van der Waals surface area contributed by atoms with Crippen LogP contribution in [0.5, 0.6) is 0 Å². The van der Waals surface area contributed by atoms with Crippen LogP contribution in [-0.4, -0.2) is 25.1 Å². The van der Waals surface area contributed by atoms with Crippen molar-refractivity contribution in [2.75, 3.05) is 13.2 Å². The van der Waals surface area contributed by atoms with Crippen molar-refractivity contribution >= 4 is 5.84 Å². The van der Waals surface area contributed by atoms with Crippen LogP contribution in [0.15, 0.2) is 4.99 Å². The van der Waals surface area contributed by atoms with E-state index < -0.39 is 0 Å². The summed E-state index contributed by atoms with van der Waals surface area (Å²) in [5.74, 6) is 0.706. The Morgan fingerprint density at radius 1 is 1.55 bits per heavy atom. The number of hydrogen-bond acceptors (Lipinski definition) is 2. The standard InChI is InChI=1S/C8H18N2O/c1-4-8(9)10-5-6-11-7(2)3/h7H,4-6H2,1-3H3,(H2,9,10).